The lowest BCUT2D eigenvalue weighted by molar-refractivity contribution is -0.120. The number of thioether (sulfide) groups is 1. The second-order valence-electron chi connectivity index (χ2n) is 6.48. The Bertz CT molecular complexity index is 898. The molecule has 1 fully saturated rings. The van der Waals surface area contributed by atoms with E-state index < -0.39 is 0 Å². The van der Waals surface area contributed by atoms with E-state index in [1.165, 1.54) is 16.7 Å². The minimum atomic E-state index is -0.255. The van der Waals surface area contributed by atoms with Crippen LogP contribution in [0.2, 0.25) is 0 Å². The molecule has 0 atom stereocenters. The highest BCUT2D eigenvalue weighted by Crippen LogP contribution is 2.34. The molecule has 0 spiro atoms. The van der Waals surface area contributed by atoms with Crippen molar-refractivity contribution >= 4 is 46.5 Å². The van der Waals surface area contributed by atoms with E-state index in [4.69, 9.17) is 0 Å². The number of fused-ring (bicyclic) bond motifs is 1. The van der Waals surface area contributed by atoms with Crippen LogP contribution in [0, 0.1) is 0 Å². The largest absolute Gasteiger partial charge is 0.325 e. The fourth-order valence-electron chi connectivity index (χ4n) is 3.32. The SMILES string of the molecule is O=C(CN1C(=O)CSc2ccccc21)Nc1ccc(N2CCCC2=O)cc1. The summed E-state index contributed by atoms with van der Waals surface area (Å²) in [6.45, 7) is 0.710. The monoisotopic (exact) mass is 381 g/mol. The fraction of sp³-hybridized carbons (Fsp3) is 0.250. The van der Waals surface area contributed by atoms with Gasteiger partial charge in [0, 0.05) is 29.2 Å². The molecule has 0 aliphatic carbocycles. The number of para-hydroxylation sites is 1. The van der Waals surface area contributed by atoms with E-state index in [0.717, 1.165) is 29.2 Å². The van der Waals surface area contributed by atoms with E-state index in [-0.39, 0.29) is 24.3 Å². The van der Waals surface area contributed by atoms with Gasteiger partial charge in [-0.25, -0.2) is 0 Å². The van der Waals surface area contributed by atoms with Crippen molar-refractivity contribution in [3.05, 3.63) is 48.5 Å². The molecule has 1 N–H and O–H groups in total. The van der Waals surface area contributed by atoms with E-state index in [1.54, 1.807) is 17.0 Å². The van der Waals surface area contributed by atoms with Crippen molar-refractivity contribution in [1.29, 1.82) is 0 Å². The lowest BCUT2D eigenvalue weighted by Gasteiger charge is -2.28. The molecule has 2 aliphatic rings. The first-order valence-corrected chi connectivity index (χ1v) is 9.83. The van der Waals surface area contributed by atoms with Crippen LogP contribution < -0.4 is 15.1 Å². The number of carbonyl (C=O) groups excluding carboxylic acids is 3. The molecule has 138 valence electrons. The van der Waals surface area contributed by atoms with Gasteiger partial charge in [-0.3, -0.25) is 14.4 Å². The van der Waals surface area contributed by atoms with Crippen LogP contribution >= 0.6 is 11.8 Å². The predicted molar refractivity (Wildman–Crippen MR) is 106 cm³/mol. The molecule has 27 heavy (non-hydrogen) atoms. The molecule has 1 saturated heterocycles. The number of hydrogen-bond donors (Lipinski definition) is 1. The zero-order valence-electron chi connectivity index (χ0n) is 14.7. The minimum absolute atomic E-state index is 0.0250. The molecule has 6 nitrogen and oxygen atoms in total. The molecule has 2 aromatic rings. The van der Waals surface area contributed by atoms with Gasteiger partial charge in [0.25, 0.3) is 0 Å². The molecule has 0 aromatic heterocycles. The van der Waals surface area contributed by atoms with Gasteiger partial charge in [0.1, 0.15) is 6.54 Å². The lowest BCUT2D eigenvalue weighted by Crippen LogP contribution is -2.41. The Morgan fingerprint density at radius 1 is 1.04 bits per heavy atom. The van der Waals surface area contributed by atoms with E-state index in [1.807, 2.05) is 36.4 Å². The molecular formula is C20H19N3O3S. The van der Waals surface area contributed by atoms with Gasteiger partial charge >= 0.3 is 0 Å². The average Bonchev–Trinajstić information content (AvgIpc) is 3.11. The first kappa shape index (κ1) is 17.6. The molecule has 2 aromatic carbocycles. The first-order valence-electron chi connectivity index (χ1n) is 8.84. The maximum absolute atomic E-state index is 12.5. The topological polar surface area (TPSA) is 69.7 Å². The number of rotatable bonds is 4. The van der Waals surface area contributed by atoms with Crippen LogP contribution in [0.25, 0.3) is 0 Å². The highest BCUT2D eigenvalue weighted by molar-refractivity contribution is 8.00. The van der Waals surface area contributed by atoms with Crippen LogP contribution in [0.4, 0.5) is 17.1 Å². The Kier molecular flexibility index (Phi) is 4.85. The van der Waals surface area contributed by atoms with Crippen molar-refractivity contribution < 1.29 is 14.4 Å². The molecule has 0 radical (unpaired) electrons. The van der Waals surface area contributed by atoms with Gasteiger partial charge < -0.3 is 15.1 Å². The van der Waals surface area contributed by atoms with Crippen LogP contribution in [-0.2, 0) is 14.4 Å². The normalized spacial score (nSPS) is 16.4. The maximum Gasteiger partial charge on any atom is 0.244 e. The Labute approximate surface area is 161 Å². The van der Waals surface area contributed by atoms with Gasteiger partial charge in [-0.05, 0) is 42.8 Å². The molecule has 4 rings (SSSR count). The molecule has 0 bridgehead atoms. The van der Waals surface area contributed by atoms with E-state index in [2.05, 4.69) is 5.32 Å². The number of anilines is 3. The zero-order chi connectivity index (χ0) is 18.8. The predicted octanol–water partition coefficient (Wildman–Crippen LogP) is 2.89. The second kappa shape index (κ2) is 7.44. The third kappa shape index (κ3) is 3.68. The van der Waals surface area contributed by atoms with Gasteiger partial charge in [-0.15, -0.1) is 11.8 Å². The molecular weight excluding hydrogens is 362 g/mol. The fourth-order valence-corrected chi connectivity index (χ4v) is 4.25. The maximum atomic E-state index is 12.5. The van der Waals surface area contributed by atoms with Crippen molar-refractivity contribution in [2.45, 2.75) is 17.7 Å². The molecule has 0 saturated carbocycles. The van der Waals surface area contributed by atoms with Gasteiger partial charge in [0.2, 0.25) is 17.7 Å². The van der Waals surface area contributed by atoms with Crippen LogP contribution in [-0.4, -0.2) is 36.6 Å². The molecule has 7 heteroatoms. The summed E-state index contributed by atoms with van der Waals surface area (Å²) in [5.74, 6) is 0.141. The van der Waals surface area contributed by atoms with Crippen LogP contribution in [0.1, 0.15) is 12.8 Å². The van der Waals surface area contributed by atoms with Crippen molar-refractivity contribution in [2.75, 3.05) is 34.0 Å². The van der Waals surface area contributed by atoms with Crippen molar-refractivity contribution in [2.24, 2.45) is 0 Å². The average molecular weight is 381 g/mol. The minimum Gasteiger partial charge on any atom is -0.325 e. The third-order valence-corrected chi connectivity index (χ3v) is 5.69. The Balaban J connectivity index is 1.42. The molecule has 2 heterocycles. The highest BCUT2D eigenvalue weighted by atomic mass is 32.2. The van der Waals surface area contributed by atoms with Gasteiger partial charge in [-0.1, -0.05) is 12.1 Å². The third-order valence-electron chi connectivity index (χ3n) is 4.65. The van der Waals surface area contributed by atoms with E-state index in [0.29, 0.717) is 17.9 Å². The summed E-state index contributed by atoms with van der Waals surface area (Å²) in [6.07, 6.45) is 1.46. The Morgan fingerprint density at radius 3 is 2.56 bits per heavy atom. The number of benzene rings is 2. The van der Waals surface area contributed by atoms with E-state index >= 15 is 0 Å². The summed E-state index contributed by atoms with van der Waals surface area (Å²) >= 11 is 1.49. The Hall–Kier alpha value is -2.80. The number of nitrogens with zero attached hydrogens (tertiary/aromatic N) is 2. The van der Waals surface area contributed by atoms with Crippen molar-refractivity contribution in [3.8, 4) is 0 Å². The Morgan fingerprint density at radius 2 is 1.81 bits per heavy atom. The molecule has 0 unspecified atom stereocenters. The van der Waals surface area contributed by atoms with Crippen LogP contribution in [0.5, 0.6) is 0 Å². The van der Waals surface area contributed by atoms with E-state index in [9.17, 15) is 14.4 Å². The molecule has 2 aliphatic heterocycles. The second-order valence-corrected chi connectivity index (χ2v) is 7.50. The highest BCUT2D eigenvalue weighted by Gasteiger charge is 2.26. The van der Waals surface area contributed by atoms with Crippen molar-refractivity contribution in [3.63, 3.8) is 0 Å². The van der Waals surface area contributed by atoms with Gasteiger partial charge in [0.05, 0.1) is 11.4 Å². The number of nitrogens with one attached hydrogen (secondary N) is 1. The smallest absolute Gasteiger partial charge is 0.244 e. The summed E-state index contributed by atoms with van der Waals surface area (Å²) in [5, 5.41) is 2.83. The lowest BCUT2D eigenvalue weighted by atomic mass is 10.2. The zero-order valence-corrected chi connectivity index (χ0v) is 15.5. The van der Waals surface area contributed by atoms with Crippen LogP contribution in [0.15, 0.2) is 53.4 Å². The summed E-state index contributed by atoms with van der Waals surface area (Å²) < 4.78 is 0. The summed E-state index contributed by atoms with van der Waals surface area (Å²) in [4.78, 5) is 40.8. The standard InChI is InChI=1S/C20H19N3O3S/c24-18(12-23-16-4-1-2-5-17(16)27-13-20(23)26)21-14-7-9-15(10-8-14)22-11-3-6-19(22)25/h1-2,4-5,7-10H,3,6,11-13H2,(H,21,24). The quantitative estimate of drug-likeness (QED) is 0.884. The van der Waals surface area contributed by atoms with Crippen LogP contribution in [0.3, 0.4) is 0 Å². The van der Waals surface area contributed by atoms with Gasteiger partial charge in [0.15, 0.2) is 0 Å². The number of carbonyl (C=O) groups is 3. The number of amides is 3. The summed E-state index contributed by atoms with van der Waals surface area (Å²) in [5.41, 5.74) is 2.26. The van der Waals surface area contributed by atoms with Gasteiger partial charge in [-0.2, -0.15) is 0 Å². The summed E-state index contributed by atoms with van der Waals surface area (Å²) in [6, 6.07) is 14.8. The van der Waals surface area contributed by atoms with Crippen molar-refractivity contribution in [1.82, 2.24) is 0 Å². The first-order chi connectivity index (χ1) is 13.1. The molecule has 3 amide bonds. The number of hydrogen-bond acceptors (Lipinski definition) is 4. The summed E-state index contributed by atoms with van der Waals surface area (Å²) in [7, 11) is 0.